The number of amides is 1. The average molecular weight is 358 g/mol. The van der Waals surface area contributed by atoms with E-state index in [1.807, 2.05) is 12.2 Å². The maximum atomic E-state index is 12.2. The summed E-state index contributed by atoms with van der Waals surface area (Å²) in [5.41, 5.74) is 1.04. The number of aromatic nitrogens is 2. The molecule has 1 aromatic rings. The first kappa shape index (κ1) is 17.6. The smallest absolute Gasteiger partial charge is 0.272 e. The molecule has 1 amide bonds. The maximum absolute atomic E-state index is 12.2. The summed E-state index contributed by atoms with van der Waals surface area (Å²) >= 11 is 5.69. The molecule has 1 aliphatic heterocycles. The first-order valence-corrected chi connectivity index (χ1v) is 8.83. The molecule has 25 heavy (non-hydrogen) atoms. The molecule has 1 N–H and O–H groups in total. The second kappa shape index (κ2) is 8.24. The molecule has 0 bridgehead atoms. The molecule has 2 aliphatic rings. The summed E-state index contributed by atoms with van der Waals surface area (Å²) in [6.07, 6.45) is 8.81. The van der Waals surface area contributed by atoms with Gasteiger partial charge in [0, 0.05) is 31.2 Å². The van der Waals surface area contributed by atoms with E-state index in [0.717, 1.165) is 44.5 Å². The van der Waals surface area contributed by atoms with E-state index in [2.05, 4.69) is 32.6 Å². The molecule has 2 heterocycles. The monoisotopic (exact) mass is 357 g/mol. The highest BCUT2D eigenvalue weighted by atomic mass is 35.5. The van der Waals surface area contributed by atoms with Gasteiger partial charge in [0.1, 0.15) is 0 Å². The highest BCUT2D eigenvalue weighted by molar-refractivity contribution is 6.29. The van der Waals surface area contributed by atoms with E-state index in [9.17, 15) is 4.79 Å². The molecule has 3 rings (SSSR count). The summed E-state index contributed by atoms with van der Waals surface area (Å²) in [5, 5.41) is 19.7. The van der Waals surface area contributed by atoms with Gasteiger partial charge in [-0.25, -0.2) is 0 Å². The van der Waals surface area contributed by atoms with Crippen LogP contribution in [0.4, 0.5) is 0 Å². The Kier molecular flexibility index (Phi) is 5.79. The van der Waals surface area contributed by atoms with Crippen molar-refractivity contribution in [2.45, 2.75) is 25.3 Å². The number of piperidine rings is 1. The van der Waals surface area contributed by atoms with Gasteiger partial charge in [-0.15, -0.1) is 10.2 Å². The SMILES string of the molecule is N#CC1=CCC(CN2CCC(NC(=O)c3ccc(Cl)nn3)CC2)C=C1. The van der Waals surface area contributed by atoms with Crippen LogP contribution in [0, 0.1) is 17.2 Å². The van der Waals surface area contributed by atoms with Crippen LogP contribution in [0.5, 0.6) is 0 Å². The van der Waals surface area contributed by atoms with Crippen LogP contribution in [-0.2, 0) is 0 Å². The Bertz CT molecular complexity index is 714. The molecule has 1 unspecified atom stereocenters. The van der Waals surface area contributed by atoms with Gasteiger partial charge in [-0.05, 0) is 43.4 Å². The fraction of sp³-hybridized carbons (Fsp3) is 0.444. The van der Waals surface area contributed by atoms with E-state index in [4.69, 9.17) is 16.9 Å². The molecular formula is C18H20ClN5O. The van der Waals surface area contributed by atoms with Crippen molar-refractivity contribution in [3.63, 3.8) is 0 Å². The Labute approximate surface area is 152 Å². The van der Waals surface area contributed by atoms with Crippen molar-refractivity contribution in [2.75, 3.05) is 19.6 Å². The number of nitriles is 1. The zero-order chi connectivity index (χ0) is 17.6. The fourth-order valence-corrected chi connectivity index (χ4v) is 3.27. The van der Waals surface area contributed by atoms with Crippen LogP contribution in [0.1, 0.15) is 29.8 Å². The molecule has 1 fully saturated rings. The zero-order valence-electron chi connectivity index (χ0n) is 13.9. The molecule has 130 valence electrons. The van der Waals surface area contributed by atoms with Gasteiger partial charge in [0.05, 0.1) is 6.07 Å². The number of carbonyl (C=O) groups is 1. The van der Waals surface area contributed by atoms with Crippen LogP contribution in [-0.4, -0.2) is 46.7 Å². The molecular weight excluding hydrogens is 338 g/mol. The molecule has 7 heteroatoms. The number of likely N-dealkylation sites (tertiary alicyclic amines) is 1. The Morgan fingerprint density at radius 1 is 1.36 bits per heavy atom. The van der Waals surface area contributed by atoms with Crippen LogP contribution in [0.25, 0.3) is 0 Å². The van der Waals surface area contributed by atoms with Crippen LogP contribution in [0.15, 0.2) is 35.9 Å². The summed E-state index contributed by atoms with van der Waals surface area (Å²) < 4.78 is 0. The zero-order valence-corrected chi connectivity index (χ0v) is 14.6. The summed E-state index contributed by atoms with van der Waals surface area (Å²) in [5.74, 6) is 0.264. The van der Waals surface area contributed by atoms with Crippen molar-refractivity contribution in [1.82, 2.24) is 20.4 Å². The van der Waals surface area contributed by atoms with Gasteiger partial charge < -0.3 is 10.2 Å². The summed E-state index contributed by atoms with van der Waals surface area (Å²) in [4.78, 5) is 14.6. The van der Waals surface area contributed by atoms with Crippen molar-refractivity contribution < 1.29 is 4.79 Å². The Morgan fingerprint density at radius 2 is 2.16 bits per heavy atom. The Hall–Kier alpha value is -2.23. The van der Waals surface area contributed by atoms with Crippen molar-refractivity contribution in [1.29, 1.82) is 5.26 Å². The third-order valence-electron chi connectivity index (χ3n) is 4.60. The number of nitrogens with one attached hydrogen (secondary N) is 1. The Balaban J connectivity index is 1.42. The van der Waals surface area contributed by atoms with Crippen LogP contribution in [0.2, 0.25) is 5.15 Å². The van der Waals surface area contributed by atoms with Gasteiger partial charge in [-0.3, -0.25) is 4.79 Å². The number of carbonyl (C=O) groups excluding carboxylic acids is 1. The van der Waals surface area contributed by atoms with E-state index in [-0.39, 0.29) is 17.1 Å². The van der Waals surface area contributed by atoms with Gasteiger partial charge in [-0.2, -0.15) is 5.26 Å². The number of rotatable bonds is 4. The predicted octanol–water partition coefficient (Wildman–Crippen LogP) is 2.35. The van der Waals surface area contributed by atoms with Gasteiger partial charge in [0.25, 0.3) is 5.91 Å². The standard InChI is InChI=1S/C18H20ClN5O/c19-17-6-5-16(22-23-17)18(25)21-15-7-9-24(10-8-15)12-14-3-1-13(11-20)2-4-14/h1-3,5-6,14-15H,4,7-10,12H2,(H,21,25). The topological polar surface area (TPSA) is 81.9 Å². The lowest BCUT2D eigenvalue weighted by atomic mass is 9.95. The largest absolute Gasteiger partial charge is 0.348 e. The average Bonchev–Trinajstić information content (AvgIpc) is 2.64. The lowest BCUT2D eigenvalue weighted by molar-refractivity contribution is 0.0902. The van der Waals surface area contributed by atoms with E-state index < -0.39 is 0 Å². The summed E-state index contributed by atoms with van der Waals surface area (Å²) in [7, 11) is 0. The molecule has 1 aromatic heterocycles. The number of hydrogen-bond acceptors (Lipinski definition) is 5. The number of nitrogens with zero attached hydrogens (tertiary/aromatic N) is 4. The molecule has 0 spiro atoms. The van der Waals surface area contributed by atoms with Crippen molar-refractivity contribution >= 4 is 17.5 Å². The number of allylic oxidation sites excluding steroid dienone is 3. The molecule has 0 saturated carbocycles. The molecule has 1 aliphatic carbocycles. The maximum Gasteiger partial charge on any atom is 0.272 e. The lowest BCUT2D eigenvalue weighted by Crippen LogP contribution is -2.45. The highest BCUT2D eigenvalue weighted by Gasteiger charge is 2.23. The van der Waals surface area contributed by atoms with E-state index in [0.29, 0.717) is 11.6 Å². The minimum absolute atomic E-state index is 0.160. The minimum atomic E-state index is -0.202. The number of hydrogen-bond donors (Lipinski definition) is 1. The van der Waals surface area contributed by atoms with Crippen molar-refractivity contribution in [3.05, 3.63) is 46.8 Å². The molecule has 0 aromatic carbocycles. The van der Waals surface area contributed by atoms with Crippen LogP contribution >= 0.6 is 11.6 Å². The predicted molar refractivity (Wildman–Crippen MR) is 94.9 cm³/mol. The van der Waals surface area contributed by atoms with Gasteiger partial charge in [0.2, 0.25) is 0 Å². The summed E-state index contributed by atoms with van der Waals surface area (Å²) in [6, 6.07) is 5.48. The molecule has 1 saturated heterocycles. The van der Waals surface area contributed by atoms with Crippen LogP contribution in [0.3, 0.4) is 0 Å². The molecule has 1 atom stereocenters. The third-order valence-corrected chi connectivity index (χ3v) is 4.80. The van der Waals surface area contributed by atoms with Gasteiger partial charge in [0.15, 0.2) is 10.8 Å². The van der Waals surface area contributed by atoms with E-state index in [1.165, 1.54) is 0 Å². The lowest BCUT2D eigenvalue weighted by Gasteiger charge is -2.34. The summed E-state index contributed by atoms with van der Waals surface area (Å²) in [6.45, 7) is 2.90. The molecule has 6 nitrogen and oxygen atoms in total. The quantitative estimate of drug-likeness (QED) is 0.894. The van der Waals surface area contributed by atoms with Gasteiger partial charge >= 0.3 is 0 Å². The second-order valence-electron chi connectivity index (χ2n) is 6.42. The van der Waals surface area contributed by atoms with E-state index in [1.54, 1.807) is 12.1 Å². The van der Waals surface area contributed by atoms with Crippen molar-refractivity contribution in [2.24, 2.45) is 5.92 Å². The third kappa shape index (κ3) is 4.88. The second-order valence-corrected chi connectivity index (χ2v) is 6.80. The minimum Gasteiger partial charge on any atom is -0.348 e. The highest BCUT2D eigenvalue weighted by Crippen LogP contribution is 2.19. The first-order chi connectivity index (χ1) is 12.1. The normalized spacial score (nSPS) is 21.4. The Morgan fingerprint density at radius 3 is 2.76 bits per heavy atom. The van der Waals surface area contributed by atoms with Crippen LogP contribution < -0.4 is 5.32 Å². The van der Waals surface area contributed by atoms with E-state index >= 15 is 0 Å². The molecule has 0 radical (unpaired) electrons. The van der Waals surface area contributed by atoms with Crippen molar-refractivity contribution in [3.8, 4) is 6.07 Å². The first-order valence-electron chi connectivity index (χ1n) is 8.45. The fourth-order valence-electron chi connectivity index (χ4n) is 3.17. The number of halogens is 1. The van der Waals surface area contributed by atoms with Gasteiger partial charge in [-0.1, -0.05) is 23.8 Å².